The van der Waals surface area contributed by atoms with Gasteiger partial charge in [-0.25, -0.2) is 13.5 Å². The van der Waals surface area contributed by atoms with E-state index < -0.39 is 9.84 Å². The Morgan fingerprint density at radius 3 is 2.61 bits per heavy atom. The lowest BCUT2D eigenvalue weighted by Crippen LogP contribution is -2.07. The molecule has 2 aromatic rings. The molecule has 0 aliphatic rings. The first kappa shape index (κ1) is 13.1. The van der Waals surface area contributed by atoms with E-state index in [1.165, 1.54) is 6.07 Å². The van der Waals surface area contributed by atoms with Crippen LogP contribution in [0.4, 0.5) is 5.95 Å². The lowest BCUT2D eigenvalue weighted by Gasteiger charge is -2.04. The highest BCUT2D eigenvalue weighted by atomic mass is 35.5. The van der Waals surface area contributed by atoms with Crippen LogP contribution < -0.4 is 5.73 Å². The van der Waals surface area contributed by atoms with Gasteiger partial charge in [0.15, 0.2) is 0 Å². The highest BCUT2D eigenvalue weighted by molar-refractivity contribution is 7.90. The quantitative estimate of drug-likeness (QED) is 0.898. The van der Waals surface area contributed by atoms with Crippen molar-refractivity contribution in [3.05, 3.63) is 33.8 Å². The summed E-state index contributed by atoms with van der Waals surface area (Å²) in [6.07, 6.45) is 0. The molecule has 18 heavy (non-hydrogen) atoms. The number of benzene rings is 1. The summed E-state index contributed by atoms with van der Waals surface area (Å²) in [4.78, 5) is 3.58. The number of nitrogens with zero attached hydrogens (tertiary/aromatic N) is 2. The summed E-state index contributed by atoms with van der Waals surface area (Å²) < 4.78 is 23.9. The van der Waals surface area contributed by atoms with E-state index in [0.29, 0.717) is 10.6 Å². The molecular weight excluding hydrogens is 299 g/mol. The van der Waals surface area contributed by atoms with Gasteiger partial charge in [0.2, 0.25) is 20.9 Å². The fraction of sp³-hybridized carbons (Fsp3) is 0.111. The zero-order valence-corrected chi connectivity index (χ0v) is 11.2. The number of nitrogen functional groups attached to an aromatic ring is 1. The summed E-state index contributed by atoms with van der Waals surface area (Å²) in [5, 5.41) is 6.15. The lowest BCUT2D eigenvalue weighted by atomic mass is 10.2. The molecule has 0 saturated carbocycles. The van der Waals surface area contributed by atoms with Crippen LogP contribution in [0.15, 0.2) is 23.4 Å². The number of halogens is 2. The minimum Gasteiger partial charge on any atom is -0.366 e. The summed E-state index contributed by atoms with van der Waals surface area (Å²) in [5.74, 6) is -0.437. The van der Waals surface area contributed by atoms with E-state index in [-0.39, 0.29) is 21.9 Å². The monoisotopic (exact) mass is 306 g/mol. The van der Waals surface area contributed by atoms with E-state index in [1.54, 1.807) is 12.1 Å². The van der Waals surface area contributed by atoms with Gasteiger partial charge in [0.25, 0.3) is 0 Å². The van der Waals surface area contributed by atoms with Gasteiger partial charge in [-0.3, -0.25) is 0 Å². The predicted octanol–water partition coefficient (Wildman–Crippen LogP) is 1.67. The topological polar surface area (TPSA) is 102 Å². The number of nitrogens with two attached hydrogens (primary N) is 1. The number of aromatic amines is 1. The number of hydrogen-bond acceptors (Lipinski definition) is 5. The molecule has 0 spiro atoms. The van der Waals surface area contributed by atoms with Gasteiger partial charge < -0.3 is 5.73 Å². The van der Waals surface area contributed by atoms with Crippen molar-refractivity contribution in [2.45, 2.75) is 10.9 Å². The van der Waals surface area contributed by atoms with Crippen molar-refractivity contribution < 1.29 is 8.42 Å². The van der Waals surface area contributed by atoms with E-state index in [0.717, 1.165) is 0 Å². The maximum atomic E-state index is 12.0. The normalized spacial score (nSPS) is 11.7. The molecule has 0 radical (unpaired) electrons. The average Bonchev–Trinajstić information content (AvgIpc) is 2.70. The smallest absolute Gasteiger partial charge is 0.245 e. The number of anilines is 1. The molecule has 0 saturated heterocycles. The molecular formula is C9H8Cl2N4O2S. The number of H-pyrrole nitrogens is 1. The maximum Gasteiger partial charge on any atom is 0.245 e. The van der Waals surface area contributed by atoms with E-state index in [9.17, 15) is 8.42 Å². The van der Waals surface area contributed by atoms with Gasteiger partial charge in [0.05, 0.1) is 5.75 Å². The first-order valence-corrected chi connectivity index (χ1v) is 7.14. The maximum absolute atomic E-state index is 12.0. The Morgan fingerprint density at radius 1 is 1.33 bits per heavy atom. The summed E-state index contributed by atoms with van der Waals surface area (Å²) in [6, 6.07) is 4.58. The minimum absolute atomic E-state index is 0.129. The van der Waals surface area contributed by atoms with E-state index in [2.05, 4.69) is 15.2 Å². The zero-order chi connectivity index (χ0) is 13.3. The summed E-state index contributed by atoms with van der Waals surface area (Å²) in [5.41, 5.74) is 5.68. The molecule has 1 aromatic heterocycles. The molecule has 0 unspecified atom stereocenters. The SMILES string of the molecule is Nc1n[nH]c(S(=O)(=O)Cc2ccc(Cl)cc2Cl)n1. The number of sulfone groups is 1. The van der Waals surface area contributed by atoms with Crippen molar-refractivity contribution in [3.63, 3.8) is 0 Å². The molecule has 3 N–H and O–H groups in total. The summed E-state index contributed by atoms with van der Waals surface area (Å²) in [7, 11) is -3.66. The predicted molar refractivity (Wildman–Crippen MR) is 68.1 cm³/mol. The second kappa shape index (κ2) is 4.75. The highest BCUT2D eigenvalue weighted by Gasteiger charge is 2.21. The third-order valence-corrected chi connectivity index (χ3v) is 4.19. The Kier molecular flexibility index (Phi) is 3.47. The van der Waals surface area contributed by atoms with Crippen LogP contribution in [-0.2, 0) is 15.6 Å². The molecule has 0 bridgehead atoms. The second-order valence-electron chi connectivity index (χ2n) is 3.49. The van der Waals surface area contributed by atoms with Gasteiger partial charge in [-0.2, -0.15) is 4.98 Å². The van der Waals surface area contributed by atoms with Crippen LogP contribution in [0.2, 0.25) is 10.0 Å². The van der Waals surface area contributed by atoms with E-state index >= 15 is 0 Å². The van der Waals surface area contributed by atoms with Crippen LogP contribution in [0.5, 0.6) is 0 Å². The molecule has 9 heteroatoms. The van der Waals surface area contributed by atoms with Gasteiger partial charge in [0, 0.05) is 10.0 Å². The number of hydrogen-bond donors (Lipinski definition) is 2. The van der Waals surface area contributed by atoms with Gasteiger partial charge in [-0.15, -0.1) is 5.10 Å². The van der Waals surface area contributed by atoms with Crippen molar-refractivity contribution in [1.29, 1.82) is 0 Å². The van der Waals surface area contributed by atoms with Gasteiger partial charge in [0.1, 0.15) is 0 Å². The molecule has 1 aromatic carbocycles. The van der Waals surface area contributed by atoms with Crippen molar-refractivity contribution in [2.75, 3.05) is 5.73 Å². The Bertz CT molecular complexity index is 684. The van der Waals surface area contributed by atoms with Crippen LogP contribution in [0.3, 0.4) is 0 Å². The molecule has 96 valence electrons. The standard InChI is InChI=1S/C9H8Cl2N4O2S/c10-6-2-1-5(7(11)3-6)4-18(16,17)9-13-8(12)14-15-9/h1-3H,4H2,(H3,12,13,14,15). The van der Waals surface area contributed by atoms with Crippen LogP contribution in [0, 0.1) is 0 Å². The van der Waals surface area contributed by atoms with E-state index in [1.807, 2.05) is 0 Å². The van der Waals surface area contributed by atoms with Crippen LogP contribution >= 0.6 is 23.2 Å². The third kappa shape index (κ3) is 2.74. The number of aromatic nitrogens is 3. The minimum atomic E-state index is -3.66. The van der Waals surface area contributed by atoms with Crippen LogP contribution in [0.25, 0.3) is 0 Å². The Hall–Kier alpha value is -1.31. The molecule has 2 rings (SSSR count). The van der Waals surface area contributed by atoms with Gasteiger partial charge in [-0.1, -0.05) is 29.3 Å². The largest absolute Gasteiger partial charge is 0.366 e. The molecule has 0 aliphatic heterocycles. The summed E-state index contributed by atoms with van der Waals surface area (Å²) >= 11 is 11.6. The van der Waals surface area contributed by atoms with Gasteiger partial charge in [-0.05, 0) is 17.7 Å². The van der Waals surface area contributed by atoms with Crippen molar-refractivity contribution in [1.82, 2.24) is 15.2 Å². The second-order valence-corrected chi connectivity index (χ2v) is 6.24. The molecule has 0 atom stereocenters. The third-order valence-electron chi connectivity index (χ3n) is 2.14. The van der Waals surface area contributed by atoms with Crippen molar-refractivity contribution in [2.24, 2.45) is 0 Å². The molecule has 0 aliphatic carbocycles. The number of rotatable bonds is 3. The van der Waals surface area contributed by atoms with E-state index in [4.69, 9.17) is 28.9 Å². The summed E-state index contributed by atoms with van der Waals surface area (Å²) in [6.45, 7) is 0. The zero-order valence-electron chi connectivity index (χ0n) is 8.89. The average molecular weight is 307 g/mol. The van der Waals surface area contributed by atoms with Crippen molar-refractivity contribution >= 4 is 39.0 Å². The molecule has 6 nitrogen and oxygen atoms in total. The van der Waals surface area contributed by atoms with Crippen molar-refractivity contribution in [3.8, 4) is 0 Å². The number of nitrogens with one attached hydrogen (secondary N) is 1. The molecule has 0 fully saturated rings. The Morgan fingerprint density at radius 2 is 2.06 bits per heavy atom. The Labute approximate surface area is 113 Å². The fourth-order valence-corrected chi connectivity index (χ4v) is 3.08. The highest BCUT2D eigenvalue weighted by Crippen LogP contribution is 2.24. The lowest BCUT2D eigenvalue weighted by molar-refractivity contribution is 0.587. The van der Waals surface area contributed by atoms with Crippen LogP contribution in [0.1, 0.15) is 5.56 Å². The molecule has 0 amide bonds. The molecule has 1 heterocycles. The Balaban J connectivity index is 2.33. The first-order valence-electron chi connectivity index (χ1n) is 4.73. The fourth-order valence-electron chi connectivity index (χ4n) is 1.31. The van der Waals surface area contributed by atoms with Crippen LogP contribution in [-0.4, -0.2) is 23.6 Å². The van der Waals surface area contributed by atoms with Gasteiger partial charge >= 0.3 is 0 Å². The first-order chi connectivity index (χ1) is 8.38.